The number of thioether (sulfide) groups is 1. The van der Waals surface area contributed by atoms with Crippen molar-refractivity contribution in [1.29, 1.82) is 0 Å². The molecule has 2 heterocycles. The van der Waals surface area contributed by atoms with E-state index in [0.717, 1.165) is 17.1 Å². The second-order valence-electron chi connectivity index (χ2n) is 3.92. The maximum Gasteiger partial charge on any atom is 0.304 e. The number of imidazole rings is 1. The summed E-state index contributed by atoms with van der Waals surface area (Å²) in [6.45, 7) is 1.93. The maximum absolute atomic E-state index is 10.5. The largest absolute Gasteiger partial charge is 0.481 e. The molecule has 4 nitrogen and oxygen atoms in total. The fourth-order valence-electron chi connectivity index (χ4n) is 1.59. The average Bonchev–Trinajstić information content (AvgIpc) is 2.68. The van der Waals surface area contributed by atoms with Gasteiger partial charge in [-0.25, -0.2) is 4.98 Å². The molecule has 2 aromatic heterocycles. The zero-order chi connectivity index (χ0) is 12.3. The summed E-state index contributed by atoms with van der Waals surface area (Å²) < 4.78 is 1.97. The number of carbonyl (C=O) groups is 1. The van der Waals surface area contributed by atoms with Crippen molar-refractivity contribution < 1.29 is 9.90 Å². The number of aliphatic carboxylic acids is 1. The van der Waals surface area contributed by atoms with Gasteiger partial charge in [-0.1, -0.05) is 13.0 Å². The molecule has 0 aromatic carbocycles. The van der Waals surface area contributed by atoms with Gasteiger partial charge in [0.2, 0.25) is 0 Å². The first-order valence-electron chi connectivity index (χ1n) is 5.41. The van der Waals surface area contributed by atoms with Gasteiger partial charge in [0.25, 0.3) is 0 Å². The second kappa shape index (κ2) is 5.23. The van der Waals surface area contributed by atoms with Crippen LogP contribution in [0.3, 0.4) is 0 Å². The number of rotatable bonds is 5. The lowest BCUT2D eigenvalue weighted by Gasteiger charge is -2.05. The van der Waals surface area contributed by atoms with E-state index in [-0.39, 0.29) is 11.7 Å². The van der Waals surface area contributed by atoms with Gasteiger partial charge < -0.3 is 9.51 Å². The lowest BCUT2D eigenvalue weighted by Crippen LogP contribution is -2.05. The Labute approximate surface area is 104 Å². The summed E-state index contributed by atoms with van der Waals surface area (Å²) in [7, 11) is 0. The average molecular weight is 250 g/mol. The summed E-state index contributed by atoms with van der Waals surface area (Å²) >= 11 is 1.62. The number of hydrogen-bond acceptors (Lipinski definition) is 3. The Bertz CT molecular complexity index is 491. The number of nitrogens with zero attached hydrogens (tertiary/aromatic N) is 2. The van der Waals surface area contributed by atoms with E-state index in [4.69, 9.17) is 5.11 Å². The predicted molar refractivity (Wildman–Crippen MR) is 68.2 cm³/mol. The first kappa shape index (κ1) is 12.0. The molecule has 17 heavy (non-hydrogen) atoms. The molecule has 0 bridgehead atoms. The molecule has 0 radical (unpaired) electrons. The van der Waals surface area contributed by atoms with E-state index in [1.165, 1.54) is 0 Å². The minimum absolute atomic E-state index is 0.109. The molecule has 90 valence electrons. The van der Waals surface area contributed by atoms with Crippen LogP contribution in [0.5, 0.6) is 0 Å². The van der Waals surface area contributed by atoms with Gasteiger partial charge >= 0.3 is 5.97 Å². The van der Waals surface area contributed by atoms with Gasteiger partial charge in [0.1, 0.15) is 5.65 Å². The van der Waals surface area contributed by atoms with Crippen LogP contribution in [0.2, 0.25) is 0 Å². The Balaban J connectivity index is 1.97. The highest BCUT2D eigenvalue weighted by Gasteiger charge is 2.09. The van der Waals surface area contributed by atoms with Gasteiger partial charge in [-0.15, -0.1) is 0 Å². The maximum atomic E-state index is 10.5. The number of pyridine rings is 1. The Kier molecular flexibility index (Phi) is 3.68. The molecule has 0 fully saturated rings. The zero-order valence-electron chi connectivity index (χ0n) is 9.54. The van der Waals surface area contributed by atoms with Crippen molar-refractivity contribution in [2.45, 2.75) is 24.3 Å². The van der Waals surface area contributed by atoms with Crippen LogP contribution in [0.1, 0.15) is 19.0 Å². The van der Waals surface area contributed by atoms with Crippen molar-refractivity contribution in [3.63, 3.8) is 0 Å². The molecule has 0 saturated heterocycles. The van der Waals surface area contributed by atoms with Gasteiger partial charge in [0.05, 0.1) is 12.1 Å². The molecular formula is C12H14N2O2S. The van der Waals surface area contributed by atoms with Gasteiger partial charge in [0.15, 0.2) is 0 Å². The molecule has 0 aliphatic heterocycles. The summed E-state index contributed by atoms with van der Waals surface area (Å²) in [6.07, 6.45) is 4.13. The minimum Gasteiger partial charge on any atom is -0.481 e. The van der Waals surface area contributed by atoms with E-state index in [0.29, 0.717) is 0 Å². The fourth-order valence-corrected chi connectivity index (χ4v) is 2.44. The van der Waals surface area contributed by atoms with E-state index in [1.807, 2.05) is 41.9 Å². The van der Waals surface area contributed by atoms with Crippen LogP contribution in [0, 0.1) is 0 Å². The minimum atomic E-state index is -0.750. The summed E-state index contributed by atoms with van der Waals surface area (Å²) in [4.78, 5) is 15.0. The Hall–Kier alpha value is -1.49. The first-order chi connectivity index (χ1) is 8.15. The molecule has 2 rings (SSSR count). The van der Waals surface area contributed by atoms with Gasteiger partial charge in [-0.3, -0.25) is 4.79 Å². The van der Waals surface area contributed by atoms with E-state index in [9.17, 15) is 4.79 Å². The molecule has 0 saturated carbocycles. The standard InChI is InChI=1S/C12H14N2O2S/c1-9(6-12(15)16)17-8-10-7-14-5-3-2-4-11(14)13-10/h2-5,7,9H,6,8H2,1H3,(H,15,16). The highest BCUT2D eigenvalue weighted by atomic mass is 32.2. The van der Waals surface area contributed by atoms with Crippen molar-refractivity contribution in [3.8, 4) is 0 Å². The monoisotopic (exact) mass is 250 g/mol. The molecule has 0 aliphatic rings. The summed E-state index contributed by atoms with van der Waals surface area (Å²) in [6, 6.07) is 5.86. The van der Waals surface area contributed by atoms with Crippen molar-refractivity contribution >= 4 is 23.4 Å². The summed E-state index contributed by atoms with van der Waals surface area (Å²) in [5, 5.41) is 8.77. The van der Waals surface area contributed by atoms with Crippen molar-refractivity contribution in [2.75, 3.05) is 0 Å². The normalized spacial score (nSPS) is 12.8. The first-order valence-corrected chi connectivity index (χ1v) is 6.46. The molecule has 1 N–H and O–H groups in total. The lowest BCUT2D eigenvalue weighted by molar-refractivity contribution is -0.136. The second-order valence-corrected chi connectivity index (χ2v) is 5.34. The van der Waals surface area contributed by atoms with Crippen molar-refractivity contribution in [2.24, 2.45) is 0 Å². The molecule has 0 amide bonds. The molecule has 0 aliphatic carbocycles. The van der Waals surface area contributed by atoms with Crippen molar-refractivity contribution in [3.05, 3.63) is 36.3 Å². The van der Waals surface area contributed by atoms with E-state index >= 15 is 0 Å². The number of carboxylic acids is 1. The molecule has 1 atom stereocenters. The van der Waals surface area contributed by atoms with Crippen LogP contribution in [0.25, 0.3) is 5.65 Å². The number of aromatic nitrogens is 2. The number of fused-ring (bicyclic) bond motifs is 1. The van der Waals surface area contributed by atoms with Gasteiger partial charge in [-0.05, 0) is 12.1 Å². The van der Waals surface area contributed by atoms with Crippen LogP contribution in [-0.4, -0.2) is 25.7 Å². The third-order valence-electron chi connectivity index (χ3n) is 2.39. The predicted octanol–water partition coefficient (Wildman–Crippen LogP) is 2.43. The van der Waals surface area contributed by atoms with Crippen LogP contribution in [-0.2, 0) is 10.5 Å². The highest BCUT2D eigenvalue weighted by Crippen LogP contribution is 2.19. The van der Waals surface area contributed by atoms with Crippen LogP contribution in [0.15, 0.2) is 30.6 Å². The lowest BCUT2D eigenvalue weighted by atomic mass is 10.3. The van der Waals surface area contributed by atoms with Gasteiger partial charge in [-0.2, -0.15) is 11.8 Å². The molecule has 5 heteroatoms. The van der Waals surface area contributed by atoms with Crippen LogP contribution in [0.4, 0.5) is 0 Å². The Morgan fingerprint density at radius 1 is 1.59 bits per heavy atom. The van der Waals surface area contributed by atoms with Crippen molar-refractivity contribution in [1.82, 2.24) is 9.38 Å². The molecule has 2 aromatic rings. The third kappa shape index (κ3) is 3.23. The summed E-state index contributed by atoms with van der Waals surface area (Å²) in [5.74, 6) is -0.00384. The SMILES string of the molecule is CC(CC(=O)O)SCc1cn2ccccc2n1. The number of hydrogen-bond donors (Lipinski definition) is 1. The molecular weight excluding hydrogens is 236 g/mol. The molecule has 1 unspecified atom stereocenters. The van der Waals surface area contributed by atoms with E-state index < -0.39 is 5.97 Å². The third-order valence-corrected chi connectivity index (χ3v) is 3.59. The fraction of sp³-hybridized carbons (Fsp3) is 0.333. The highest BCUT2D eigenvalue weighted by molar-refractivity contribution is 7.99. The topological polar surface area (TPSA) is 54.6 Å². The summed E-state index contributed by atoms with van der Waals surface area (Å²) in [5.41, 5.74) is 1.91. The zero-order valence-corrected chi connectivity index (χ0v) is 10.4. The number of carboxylic acid groups (broad SMARTS) is 1. The quantitative estimate of drug-likeness (QED) is 0.885. The van der Waals surface area contributed by atoms with E-state index in [2.05, 4.69) is 4.98 Å². The molecule has 0 spiro atoms. The van der Waals surface area contributed by atoms with E-state index in [1.54, 1.807) is 11.8 Å². The van der Waals surface area contributed by atoms with Gasteiger partial charge in [0, 0.05) is 23.4 Å². The van der Waals surface area contributed by atoms with Crippen LogP contribution >= 0.6 is 11.8 Å². The van der Waals surface area contributed by atoms with Crippen LogP contribution < -0.4 is 0 Å². The smallest absolute Gasteiger partial charge is 0.304 e. The Morgan fingerprint density at radius 2 is 2.41 bits per heavy atom. The Morgan fingerprint density at radius 3 is 3.12 bits per heavy atom.